The van der Waals surface area contributed by atoms with Crippen molar-refractivity contribution in [1.29, 1.82) is 0 Å². The molecule has 0 aromatic carbocycles. The van der Waals surface area contributed by atoms with Crippen LogP contribution in [0.15, 0.2) is 12.4 Å². The number of hydrogen-bond donors (Lipinski definition) is 2. The Hall–Kier alpha value is -2.51. The van der Waals surface area contributed by atoms with Crippen LogP contribution in [0.1, 0.15) is 23.1 Å². The molecule has 2 rings (SSSR count). The fourth-order valence-corrected chi connectivity index (χ4v) is 1.39. The number of aromatic carboxylic acids is 1. The third-order valence-corrected chi connectivity index (χ3v) is 2.21. The van der Waals surface area contributed by atoms with Crippen molar-refractivity contribution >= 4 is 17.7 Å². The van der Waals surface area contributed by atoms with Gasteiger partial charge in [-0.05, 0) is 0 Å². The van der Waals surface area contributed by atoms with Crippen molar-refractivity contribution in [3.63, 3.8) is 0 Å². The summed E-state index contributed by atoms with van der Waals surface area (Å²) >= 11 is 0. The summed E-state index contributed by atoms with van der Waals surface area (Å²) in [5.41, 5.74) is 0.0424. The number of hydrogen-bond acceptors (Lipinski definition) is 5. The molecule has 0 saturated carbocycles. The number of fused-ring (bicyclic) bond motifs is 1. The first-order valence-corrected chi connectivity index (χ1v) is 5.25. The van der Waals surface area contributed by atoms with Gasteiger partial charge >= 0.3 is 5.97 Å². The van der Waals surface area contributed by atoms with Crippen molar-refractivity contribution in [1.82, 2.24) is 24.9 Å². The molecule has 0 unspecified atom stereocenters. The van der Waals surface area contributed by atoms with E-state index in [9.17, 15) is 9.59 Å². The minimum absolute atomic E-state index is 0.0424. The van der Waals surface area contributed by atoms with Crippen LogP contribution in [0.4, 0.5) is 0 Å². The van der Waals surface area contributed by atoms with Gasteiger partial charge in [-0.15, -0.1) is 5.10 Å². The Morgan fingerprint density at radius 1 is 1.50 bits per heavy atom. The summed E-state index contributed by atoms with van der Waals surface area (Å²) < 4.78 is 1.31. The van der Waals surface area contributed by atoms with Gasteiger partial charge in [-0.25, -0.2) is 14.3 Å². The number of nitrogens with zero attached hydrogens (tertiary/aromatic N) is 4. The smallest absolute Gasteiger partial charge is 0.338 e. The minimum atomic E-state index is -1.07. The lowest BCUT2D eigenvalue weighted by Crippen LogP contribution is -2.22. The first kappa shape index (κ1) is 12.0. The Bertz CT molecular complexity index is 607. The maximum atomic E-state index is 10.7. The molecule has 0 radical (unpaired) electrons. The van der Waals surface area contributed by atoms with Crippen LogP contribution in [0.3, 0.4) is 0 Å². The SMILES string of the molecule is CC(=O)NCCc1nc2ncc(C(=O)O)cn2n1. The molecule has 18 heavy (non-hydrogen) atoms. The second kappa shape index (κ2) is 4.78. The van der Waals surface area contributed by atoms with Gasteiger partial charge in [0.2, 0.25) is 5.91 Å². The van der Waals surface area contributed by atoms with Crippen LogP contribution in [-0.2, 0) is 11.2 Å². The van der Waals surface area contributed by atoms with E-state index in [2.05, 4.69) is 20.4 Å². The van der Waals surface area contributed by atoms with Gasteiger partial charge < -0.3 is 10.4 Å². The zero-order chi connectivity index (χ0) is 13.1. The summed E-state index contributed by atoms with van der Waals surface area (Å²) in [7, 11) is 0. The second-order valence-corrected chi connectivity index (χ2v) is 3.65. The van der Waals surface area contributed by atoms with Gasteiger partial charge in [-0.1, -0.05) is 0 Å². The van der Waals surface area contributed by atoms with Crippen molar-refractivity contribution in [3.05, 3.63) is 23.8 Å². The van der Waals surface area contributed by atoms with E-state index in [0.717, 1.165) is 0 Å². The van der Waals surface area contributed by atoms with E-state index in [1.54, 1.807) is 0 Å². The average molecular weight is 249 g/mol. The van der Waals surface area contributed by atoms with E-state index < -0.39 is 5.97 Å². The largest absolute Gasteiger partial charge is 0.478 e. The number of carboxylic acids is 1. The number of carbonyl (C=O) groups is 2. The summed E-state index contributed by atoms with van der Waals surface area (Å²) in [6.45, 7) is 1.86. The molecule has 0 aliphatic heterocycles. The molecular formula is C10H11N5O3. The lowest BCUT2D eigenvalue weighted by molar-refractivity contribution is -0.118. The fourth-order valence-electron chi connectivity index (χ4n) is 1.39. The standard InChI is InChI=1S/C10H11N5O3/c1-6(16)11-3-2-8-13-10-12-4-7(9(17)18)5-15(10)14-8/h4-5H,2-3H2,1H3,(H,11,16)(H,17,18). The Morgan fingerprint density at radius 2 is 2.28 bits per heavy atom. The molecule has 0 aliphatic rings. The number of nitrogens with one attached hydrogen (secondary N) is 1. The molecule has 0 aliphatic carbocycles. The topological polar surface area (TPSA) is 109 Å². The van der Waals surface area contributed by atoms with E-state index in [0.29, 0.717) is 24.6 Å². The maximum Gasteiger partial charge on any atom is 0.338 e. The monoisotopic (exact) mass is 249 g/mol. The third-order valence-electron chi connectivity index (χ3n) is 2.21. The van der Waals surface area contributed by atoms with Crippen molar-refractivity contribution < 1.29 is 14.7 Å². The van der Waals surface area contributed by atoms with Crippen LogP contribution in [0, 0.1) is 0 Å². The predicted molar refractivity (Wildman–Crippen MR) is 60.1 cm³/mol. The third kappa shape index (κ3) is 2.59. The summed E-state index contributed by atoms with van der Waals surface area (Å²) in [4.78, 5) is 29.4. The van der Waals surface area contributed by atoms with Crippen molar-refractivity contribution in [2.45, 2.75) is 13.3 Å². The molecule has 2 heterocycles. The van der Waals surface area contributed by atoms with Crippen molar-refractivity contribution in [2.75, 3.05) is 6.54 Å². The van der Waals surface area contributed by atoms with Crippen LogP contribution in [0.2, 0.25) is 0 Å². The van der Waals surface area contributed by atoms with E-state index in [-0.39, 0.29) is 11.5 Å². The fraction of sp³-hybridized carbons (Fsp3) is 0.300. The molecule has 0 saturated heterocycles. The molecule has 2 N–H and O–H groups in total. The number of amides is 1. The van der Waals surface area contributed by atoms with Crippen molar-refractivity contribution in [2.24, 2.45) is 0 Å². The molecule has 0 atom stereocenters. The summed E-state index contributed by atoms with van der Waals surface area (Å²) in [5.74, 6) is -0.360. The van der Waals surface area contributed by atoms with Crippen LogP contribution < -0.4 is 5.32 Å². The summed E-state index contributed by atoms with van der Waals surface area (Å²) in [6, 6.07) is 0. The highest BCUT2D eigenvalue weighted by Gasteiger charge is 2.08. The van der Waals surface area contributed by atoms with E-state index in [4.69, 9.17) is 5.11 Å². The molecule has 0 spiro atoms. The zero-order valence-corrected chi connectivity index (χ0v) is 9.62. The number of aromatic nitrogens is 4. The van der Waals surface area contributed by atoms with Crippen LogP contribution in [0.25, 0.3) is 5.78 Å². The quantitative estimate of drug-likeness (QED) is 0.756. The normalized spacial score (nSPS) is 10.5. The van der Waals surface area contributed by atoms with Gasteiger partial charge in [0, 0.05) is 32.3 Å². The van der Waals surface area contributed by atoms with Gasteiger partial charge in [0.15, 0.2) is 5.82 Å². The molecule has 2 aromatic rings. The summed E-state index contributed by atoms with van der Waals surface area (Å²) in [6.07, 6.45) is 3.04. The van der Waals surface area contributed by atoms with Crippen molar-refractivity contribution in [3.8, 4) is 0 Å². The van der Waals surface area contributed by atoms with Gasteiger partial charge in [-0.2, -0.15) is 4.98 Å². The van der Waals surface area contributed by atoms with Crippen LogP contribution in [-0.4, -0.2) is 43.1 Å². The first-order chi connectivity index (χ1) is 8.56. The van der Waals surface area contributed by atoms with Crippen LogP contribution >= 0.6 is 0 Å². The average Bonchev–Trinajstić information content (AvgIpc) is 2.69. The molecular weight excluding hydrogens is 238 g/mol. The maximum absolute atomic E-state index is 10.7. The minimum Gasteiger partial charge on any atom is -0.478 e. The Labute approximate surface area is 102 Å². The Morgan fingerprint density at radius 3 is 2.94 bits per heavy atom. The first-order valence-electron chi connectivity index (χ1n) is 5.25. The lowest BCUT2D eigenvalue weighted by Gasteiger charge is -1.96. The number of carboxylic acid groups (broad SMARTS) is 1. The lowest BCUT2D eigenvalue weighted by atomic mass is 10.4. The zero-order valence-electron chi connectivity index (χ0n) is 9.62. The van der Waals surface area contributed by atoms with Gasteiger partial charge in [-0.3, -0.25) is 4.79 Å². The molecule has 2 aromatic heterocycles. The molecule has 0 bridgehead atoms. The van der Waals surface area contributed by atoms with Crippen LogP contribution in [0.5, 0.6) is 0 Å². The van der Waals surface area contributed by atoms with E-state index in [1.807, 2.05) is 0 Å². The second-order valence-electron chi connectivity index (χ2n) is 3.65. The molecule has 0 fully saturated rings. The van der Waals surface area contributed by atoms with Gasteiger partial charge in [0.05, 0.1) is 5.56 Å². The predicted octanol–water partition coefficient (Wildman–Crippen LogP) is -0.499. The highest BCUT2D eigenvalue weighted by atomic mass is 16.4. The molecule has 8 nitrogen and oxygen atoms in total. The highest BCUT2D eigenvalue weighted by molar-refractivity contribution is 5.86. The molecule has 1 amide bonds. The molecule has 8 heteroatoms. The molecule has 94 valence electrons. The number of rotatable bonds is 4. The van der Waals surface area contributed by atoms with Gasteiger partial charge in [0.25, 0.3) is 5.78 Å². The number of carbonyl (C=O) groups excluding carboxylic acids is 1. The summed E-state index contributed by atoms with van der Waals surface area (Å²) in [5, 5.41) is 15.5. The van der Waals surface area contributed by atoms with E-state index >= 15 is 0 Å². The van der Waals surface area contributed by atoms with Gasteiger partial charge in [0.1, 0.15) is 0 Å². The Kier molecular flexibility index (Phi) is 3.18. The van der Waals surface area contributed by atoms with E-state index in [1.165, 1.54) is 23.8 Å². The highest BCUT2D eigenvalue weighted by Crippen LogP contribution is 2.02. The Balaban J connectivity index is 2.16.